The van der Waals surface area contributed by atoms with E-state index in [-0.39, 0.29) is 11.4 Å². The van der Waals surface area contributed by atoms with Crippen molar-refractivity contribution in [2.45, 2.75) is 45.6 Å². The van der Waals surface area contributed by atoms with Crippen molar-refractivity contribution in [3.8, 4) is 0 Å². The highest BCUT2D eigenvalue weighted by Crippen LogP contribution is 2.38. The summed E-state index contributed by atoms with van der Waals surface area (Å²) >= 11 is 6.24. The fourth-order valence-electron chi connectivity index (χ4n) is 2.83. The van der Waals surface area contributed by atoms with Crippen molar-refractivity contribution in [2.75, 3.05) is 12.4 Å². The number of carbonyl (C=O) groups excluding carboxylic acids is 1. The largest absolute Gasteiger partial charge is 0.465 e. The molecule has 1 aliphatic carbocycles. The summed E-state index contributed by atoms with van der Waals surface area (Å²) in [6, 6.07) is 5.58. The van der Waals surface area contributed by atoms with E-state index in [0.717, 1.165) is 12.1 Å². The van der Waals surface area contributed by atoms with Gasteiger partial charge in [-0.2, -0.15) is 0 Å². The minimum absolute atomic E-state index is 0.239. The Morgan fingerprint density at radius 1 is 1.40 bits per heavy atom. The number of benzene rings is 1. The molecule has 0 aromatic heterocycles. The molecule has 1 aliphatic rings. The van der Waals surface area contributed by atoms with Crippen molar-refractivity contribution in [1.82, 2.24) is 0 Å². The predicted molar refractivity (Wildman–Crippen MR) is 82.5 cm³/mol. The van der Waals surface area contributed by atoms with Crippen LogP contribution in [0.2, 0.25) is 5.02 Å². The topological polar surface area (TPSA) is 38.3 Å². The zero-order chi connectivity index (χ0) is 14.8. The number of rotatable bonds is 3. The number of nitrogens with one attached hydrogen (secondary N) is 1. The van der Waals surface area contributed by atoms with Crippen molar-refractivity contribution in [1.29, 1.82) is 0 Å². The summed E-state index contributed by atoms with van der Waals surface area (Å²) in [4.78, 5) is 11.6. The van der Waals surface area contributed by atoms with Crippen LogP contribution in [0.15, 0.2) is 18.2 Å². The maximum atomic E-state index is 11.6. The molecule has 0 aliphatic heterocycles. The second kappa shape index (κ2) is 6.04. The summed E-state index contributed by atoms with van der Waals surface area (Å²) in [6.45, 7) is 4.56. The van der Waals surface area contributed by atoms with Crippen LogP contribution in [-0.2, 0) is 4.74 Å². The molecule has 4 heteroatoms. The van der Waals surface area contributed by atoms with Gasteiger partial charge < -0.3 is 10.1 Å². The zero-order valence-corrected chi connectivity index (χ0v) is 13.1. The van der Waals surface area contributed by atoms with Crippen LogP contribution in [0.1, 0.15) is 49.9 Å². The first kappa shape index (κ1) is 15.2. The molecule has 1 aromatic carbocycles. The highest BCUT2D eigenvalue weighted by molar-refractivity contribution is 6.33. The highest BCUT2D eigenvalue weighted by Gasteiger charge is 2.32. The zero-order valence-electron chi connectivity index (χ0n) is 12.3. The van der Waals surface area contributed by atoms with E-state index in [1.165, 1.54) is 26.4 Å². The van der Waals surface area contributed by atoms with Gasteiger partial charge in [0.05, 0.1) is 23.4 Å². The molecule has 0 heterocycles. The van der Waals surface area contributed by atoms with Crippen LogP contribution in [0, 0.1) is 5.41 Å². The average Bonchev–Trinajstić information content (AvgIpc) is 2.42. The molecule has 1 unspecified atom stereocenters. The summed E-state index contributed by atoms with van der Waals surface area (Å²) in [5.41, 5.74) is 1.57. The van der Waals surface area contributed by atoms with Gasteiger partial charge in [-0.05, 0) is 36.5 Å². The molecular weight excluding hydrogens is 274 g/mol. The number of methoxy groups -OCH3 is 1. The van der Waals surface area contributed by atoms with Crippen LogP contribution in [0.5, 0.6) is 0 Å². The lowest BCUT2D eigenvalue weighted by atomic mass is 9.73. The van der Waals surface area contributed by atoms with Crippen LogP contribution >= 0.6 is 11.6 Å². The third-order valence-corrected chi connectivity index (χ3v) is 4.55. The molecule has 3 nitrogen and oxygen atoms in total. The normalized spacial score (nSPS) is 21.3. The number of carbonyl (C=O) groups is 1. The quantitative estimate of drug-likeness (QED) is 0.834. The Hall–Kier alpha value is -1.22. The molecular formula is C16H22ClNO2. The predicted octanol–water partition coefficient (Wildman–Crippen LogP) is 4.51. The lowest BCUT2D eigenvalue weighted by Gasteiger charge is -2.39. The van der Waals surface area contributed by atoms with Crippen molar-refractivity contribution in [3.05, 3.63) is 28.8 Å². The van der Waals surface area contributed by atoms with Gasteiger partial charge in [-0.15, -0.1) is 0 Å². The van der Waals surface area contributed by atoms with Gasteiger partial charge in [-0.1, -0.05) is 38.3 Å². The molecule has 1 N–H and O–H groups in total. The molecule has 0 spiro atoms. The molecule has 2 rings (SSSR count). The molecule has 0 radical (unpaired) electrons. The van der Waals surface area contributed by atoms with E-state index in [0.29, 0.717) is 16.6 Å². The highest BCUT2D eigenvalue weighted by atomic mass is 35.5. The standard InChI is InChI=1S/C16H22ClNO2/c1-16(2)9-5-4-6-14(16)18-13-10-11(15(19)20-3)7-8-12(13)17/h7-8,10,14,18H,4-6,9H2,1-3H3. The third-order valence-electron chi connectivity index (χ3n) is 4.22. The Labute approximate surface area is 125 Å². The second-order valence-corrected chi connectivity index (χ2v) is 6.52. The van der Waals surface area contributed by atoms with E-state index in [1.807, 2.05) is 0 Å². The Bertz CT molecular complexity index is 499. The van der Waals surface area contributed by atoms with Gasteiger partial charge in [0.1, 0.15) is 0 Å². The lowest BCUT2D eigenvalue weighted by Crippen LogP contribution is -2.39. The Balaban J connectivity index is 2.21. The number of anilines is 1. The molecule has 110 valence electrons. The van der Waals surface area contributed by atoms with Gasteiger partial charge in [0.15, 0.2) is 0 Å². The fourth-order valence-corrected chi connectivity index (χ4v) is 3.00. The van der Waals surface area contributed by atoms with Crippen LogP contribution < -0.4 is 5.32 Å². The minimum atomic E-state index is -0.340. The number of halogens is 1. The number of hydrogen-bond donors (Lipinski definition) is 1. The van der Waals surface area contributed by atoms with Crippen molar-refractivity contribution in [2.24, 2.45) is 5.41 Å². The summed E-state index contributed by atoms with van der Waals surface area (Å²) < 4.78 is 4.75. The maximum Gasteiger partial charge on any atom is 0.337 e. The Morgan fingerprint density at radius 2 is 2.15 bits per heavy atom. The van der Waals surface area contributed by atoms with E-state index in [4.69, 9.17) is 16.3 Å². The molecule has 0 bridgehead atoms. The minimum Gasteiger partial charge on any atom is -0.465 e. The molecule has 1 atom stereocenters. The smallest absolute Gasteiger partial charge is 0.337 e. The maximum absolute atomic E-state index is 11.6. The molecule has 0 saturated heterocycles. The van der Waals surface area contributed by atoms with E-state index >= 15 is 0 Å². The van der Waals surface area contributed by atoms with Gasteiger partial charge in [0.25, 0.3) is 0 Å². The SMILES string of the molecule is COC(=O)c1ccc(Cl)c(NC2CCCCC2(C)C)c1. The summed E-state index contributed by atoms with van der Waals surface area (Å²) in [6.07, 6.45) is 4.85. The average molecular weight is 296 g/mol. The van der Waals surface area contributed by atoms with Crippen LogP contribution in [-0.4, -0.2) is 19.1 Å². The van der Waals surface area contributed by atoms with E-state index in [2.05, 4.69) is 19.2 Å². The summed E-state index contributed by atoms with van der Waals surface area (Å²) in [7, 11) is 1.38. The monoisotopic (exact) mass is 295 g/mol. The molecule has 1 fully saturated rings. The molecule has 1 saturated carbocycles. The second-order valence-electron chi connectivity index (χ2n) is 6.12. The molecule has 0 amide bonds. The van der Waals surface area contributed by atoms with Crippen LogP contribution in [0.3, 0.4) is 0 Å². The van der Waals surface area contributed by atoms with E-state index in [9.17, 15) is 4.79 Å². The van der Waals surface area contributed by atoms with Crippen molar-refractivity contribution >= 4 is 23.3 Å². The first-order chi connectivity index (χ1) is 9.44. The van der Waals surface area contributed by atoms with E-state index in [1.54, 1.807) is 18.2 Å². The summed E-state index contributed by atoms with van der Waals surface area (Å²) in [5, 5.41) is 4.16. The third kappa shape index (κ3) is 3.26. The van der Waals surface area contributed by atoms with E-state index < -0.39 is 0 Å². The van der Waals surface area contributed by atoms with Crippen LogP contribution in [0.4, 0.5) is 5.69 Å². The fraction of sp³-hybridized carbons (Fsp3) is 0.562. The number of esters is 1. The van der Waals surface area contributed by atoms with Gasteiger partial charge in [0.2, 0.25) is 0 Å². The van der Waals surface area contributed by atoms with Crippen LogP contribution in [0.25, 0.3) is 0 Å². The summed E-state index contributed by atoms with van der Waals surface area (Å²) in [5.74, 6) is -0.340. The Kier molecular flexibility index (Phi) is 4.59. The van der Waals surface area contributed by atoms with Gasteiger partial charge >= 0.3 is 5.97 Å². The first-order valence-corrected chi connectivity index (χ1v) is 7.46. The van der Waals surface area contributed by atoms with Gasteiger partial charge in [-0.3, -0.25) is 0 Å². The van der Waals surface area contributed by atoms with Crippen molar-refractivity contribution in [3.63, 3.8) is 0 Å². The van der Waals surface area contributed by atoms with Gasteiger partial charge in [0, 0.05) is 6.04 Å². The molecule has 20 heavy (non-hydrogen) atoms. The first-order valence-electron chi connectivity index (χ1n) is 7.08. The lowest BCUT2D eigenvalue weighted by molar-refractivity contribution is 0.0601. The molecule has 1 aromatic rings. The van der Waals surface area contributed by atoms with Gasteiger partial charge in [-0.25, -0.2) is 4.79 Å². The van der Waals surface area contributed by atoms with Crippen molar-refractivity contribution < 1.29 is 9.53 Å². The number of ether oxygens (including phenoxy) is 1. The number of hydrogen-bond acceptors (Lipinski definition) is 3. The Morgan fingerprint density at radius 3 is 2.80 bits per heavy atom.